The first-order valence-electron chi connectivity index (χ1n) is 5.67. The highest BCUT2D eigenvalue weighted by Crippen LogP contribution is 2.23. The molecule has 2 aromatic rings. The smallest absolute Gasteiger partial charge is 0.119 e. The Morgan fingerprint density at radius 2 is 2.11 bits per heavy atom. The van der Waals surface area contributed by atoms with Crippen molar-refractivity contribution in [2.45, 2.75) is 13.5 Å². The van der Waals surface area contributed by atoms with E-state index < -0.39 is 0 Å². The number of methoxy groups -OCH3 is 1. The number of aromatic nitrogens is 1. The first-order chi connectivity index (χ1) is 8.69. The van der Waals surface area contributed by atoms with Crippen molar-refractivity contribution in [1.82, 2.24) is 4.98 Å². The Kier molecular flexibility index (Phi) is 4.20. The molecule has 0 aliphatic carbocycles. The predicted octanol–water partition coefficient (Wildman–Crippen LogP) is 3.77. The van der Waals surface area contributed by atoms with Gasteiger partial charge in [-0.25, -0.2) is 0 Å². The monoisotopic (exact) mass is 306 g/mol. The summed E-state index contributed by atoms with van der Waals surface area (Å²) >= 11 is 3.54. The molecule has 0 amide bonds. The Morgan fingerprint density at radius 3 is 2.83 bits per heavy atom. The lowest BCUT2D eigenvalue weighted by molar-refractivity contribution is 0.414. The van der Waals surface area contributed by atoms with E-state index in [0.29, 0.717) is 0 Å². The van der Waals surface area contributed by atoms with Gasteiger partial charge in [-0.3, -0.25) is 4.98 Å². The second kappa shape index (κ2) is 5.87. The third-order valence-corrected chi connectivity index (χ3v) is 3.38. The number of hydrogen-bond donors (Lipinski definition) is 1. The summed E-state index contributed by atoms with van der Waals surface area (Å²) in [4.78, 5) is 4.15. The minimum absolute atomic E-state index is 0.725. The number of benzene rings is 1. The number of pyridine rings is 1. The van der Waals surface area contributed by atoms with Crippen molar-refractivity contribution in [3.63, 3.8) is 0 Å². The summed E-state index contributed by atoms with van der Waals surface area (Å²) in [7, 11) is 1.67. The fraction of sp³-hybridized carbons (Fsp3) is 0.214. The van der Waals surface area contributed by atoms with Crippen molar-refractivity contribution >= 4 is 21.6 Å². The molecule has 2 rings (SSSR count). The van der Waals surface area contributed by atoms with E-state index in [4.69, 9.17) is 4.74 Å². The van der Waals surface area contributed by atoms with Gasteiger partial charge in [0, 0.05) is 23.4 Å². The van der Waals surface area contributed by atoms with E-state index in [-0.39, 0.29) is 0 Å². The zero-order chi connectivity index (χ0) is 13.0. The van der Waals surface area contributed by atoms with Gasteiger partial charge < -0.3 is 10.1 Å². The number of halogens is 1. The summed E-state index contributed by atoms with van der Waals surface area (Å²) in [5, 5.41) is 3.35. The normalized spacial score (nSPS) is 10.2. The van der Waals surface area contributed by atoms with Crippen LogP contribution >= 0.6 is 15.9 Å². The highest BCUT2D eigenvalue weighted by molar-refractivity contribution is 9.10. The lowest BCUT2D eigenvalue weighted by atomic mass is 10.2. The molecule has 0 bridgehead atoms. The van der Waals surface area contributed by atoms with Gasteiger partial charge >= 0.3 is 0 Å². The summed E-state index contributed by atoms with van der Waals surface area (Å²) in [5.74, 6) is 0.859. The highest BCUT2D eigenvalue weighted by atomic mass is 79.9. The maximum Gasteiger partial charge on any atom is 0.119 e. The maximum absolute atomic E-state index is 5.22. The van der Waals surface area contributed by atoms with Crippen LogP contribution in [0.5, 0.6) is 5.75 Å². The van der Waals surface area contributed by atoms with Crippen LogP contribution in [0.2, 0.25) is 0 Å². The van der Waals surface area contributed by atoms with Crippen LogP contribution < -0.4 is 10.1 Å². The number of nitrogens with zero attached hydrogens (tertiary/aromatic N) is 1. The molecular formula is C14H15BrN2O. The van der Waals surface area contributed by atoms with Crippen LogP contribution in [0.15, 0.2) is 41.1 Å². The van der Waals surface area contributed by atoms with Crippen molar-refractivity contribution in [2.24, 2.45) is 0 Å². The molecule has 0 aliphatic rings. The van der Waals surface area contributed by atoms with Crippen molar-refractivity contribution in [3.8, 4) is 5.75 Å². The summed E-state index contributed by atoms with van der Waals surface area (Å²) in [5.41, 5.74) is 3.31. The largest absolute Gasteiger partial charge is 0.497 e. The second-order valence-corrected chi connectivity index (χ2v) is 4.92. The number of anilines is 1. The molecule has 0 atom stereocenters. The zero-order valence-corrected chi connectivity index (χ0v) is 12.0. The average molecular weight is 307 g/mol. The molecule has 1 N–H and O–H groups in total. The third kappa shape index (κ3) is 3.23. The average Bonchev–Trinajstić information content (AvgIpc) is 2.38. The van der Waals surface area contributed by atoms with E-state index in [1.165, 1.54) is 0 Å². The van der Waals surface area contributed by atoms with Gasteiger partial charge in [0.15, 0.2) is 0 Å². The third-order valence-electron chi connectivity index (χ3n) is 2.61. The molecular weight excluding hydrogens is 292 g/mol. The van der Waals surface area contributed by atoms with E-state index in [2.05, 4.69) is 32.3 Å². The lowest BCUT2D eigenvalue weighted by Crippen LogP contribution is -2.01. The van der Waals surface area contributed by atoms with Gasteiger partial charge in [0.2, 0.25) is 0 Å². The summed E-state index contributed by atoms with van der Waals surface area (Å²) in [6.45, 7) is 2.75. The molecule has 0 saturated carbocycles. The number of hydrogen-bond acceptors (Lipinski definition) is 3. The summed E-state index contributed by atoms with van der Waals surface area (Å²) in [6, 6.07) is 8.01. The topological polar surface area (TPSA) is 34.1 Å². The summed E-state index contributed by atoms with van der Waals surface area (Å²) < 4.78 is 6.29. The molecule has 1 aromatic heterocycles. The second-order valence-electron chi connectivity index (χ2n) is 4.06. The van der Waals surface area contributed by atoms with E-state index in [1.54, 1.807) is 7.11 Å². The van der Waals surface area contributed by atoms with Gasteiger partial charge in [-0.2, -0.15) is 0 Å². The quantitative estimate of drug-likeness (QED) is 0.933. The molecule has 0 unspecified atom stereocenters. The molecule has 1 aromatic carbocycles. The van der Waals surface area contributed by atoms with Crippen LogP contribution in [0, 0.1) is 6.92 Å². The van der Waals surface area contributed by atoms with Crippen LogP contribution in [0.25, 0.3) is 0 Å². The standard InChI is InChI=1S/C14H15BrN2O/c1-10-5-12(9-16-7-10)17-8-11-6-13(18-2)3-4-14(11)15/h3-7,9,17H,8H2,1-2H3. The van der Waals surface area contributed by atoms with Crippen LogP contribution in [0.4, 0.5) is 5.69 Å². The summed E-state index contributed by atoms with van der Waals surface area (Å²) in [6.07, 6.45) is 3.66. The van der Waals surface area contributed by atoms with Crippen molar-refractivity contribution in [1.29, 1.82) is 0 Å². The van der Waals surface area contributed by atoms with E-state index in [0.717, 1.165) is 33.6 Å². The molecule has 0 spiro atoms. The van der Waals surface area contributed by atoms with Crippen LogP contribution in [-0.4, -0.2) is 12.1 Å². The van der Waals surface area contributed by atoms with Crippen molar-refractivity contribution in [2.75, 3.05) is 12.4 Å². The molecule has 0 aliphatic heterocycles. The molecule has 18 heavy (non-hydrogen) atoms. The number of ether oxygens (including phenoxy) is 1. The maximum atomic E-state index is 5.22. The molecule has 0 saturated heterocycles. The first kappa shape index (κ1) is 12.9. The first-order valence-corrected chi connectivity index (χ1v) is 6.46. The SMILES string of the molecule is COc1ccc(Br)c(CNc2cncc(C)c2)c1. The predicted molar refractivity (Wildman–Crippen MR) is 77.0 cm³/mol. The minimum atomic E-state index is 0.725. The number of nitrogens with one attached hydrogen (secondary N) is 1. The molecule has 0 fully saturated rings. The Hall–Kier alpha value is -1.55. The van der Waals surface area contributed by atoms with Crippen LogP contribution in [0.3, 0.4) is 0 Å². The van der Waals surface area contributed by atoms with Crippen LogP contribution in [-0.2, 0) is 6.54 Å². The van der Waals surface area contributed by atoms with Gasteiger partial charge in [-0.1, -0.05) is 15.9 Å². The van der Waals surface area contributed by atoms with E-state index >= 15 is 0 Å². The Bertz CT molecular complexity index is 543. The van der Waals surface area contributed by atoms with Gasteiger partial charge in [-0.05, 0) is 42.3 Å². The number of aryl methyl sites for hydroxylation is 1. The van der Waals surface area contributed by atoms with Gasteiger partial charge in [-0.15, -0.1) is 0 Å². The van der Waals surface area contributed by atoms with E-state index in [1.807, 2.05) is 37.5 Å². The van der Waals surface area contributed by atoms with Gasteiger partial charge in [0.05, 0.1) is 12.8 Å². The van der Waals surface area contributed by atoms with Gasteiger partial charge in [0.1, 0.15) is 5.75 Å². The van der Waals surface area contributed by atoms with E-state index in [9.17, 15) is 0 Å². The zero-order valence-electron chi connectivity index (χ0n) is 10.4. The van der Waals surface area contributed by atoms with Gasteiger partial charge in [0.25, 0.3) is 0 Å². The molecule has 1 heterocycles. The van der Waals surface area contributed by atoms with Crippen molar-refractivity contribution < 1.29 is 4.74 Å². The lowest BCUT2D eigenvalue weighted by Gasteiger charge is -2.10. The Labute approximate surface area is 115 Å². The number of rotatable bonds is 4. The van der Waals surface area contributed by atoms with Crippen LogP contribution in [0.1, 0.15) is 11.1 Å². The molecule has 3 nitrogen and oxygen atoms in total. The fourth-order valence-electron chi connectivity index (χ4n) is 1.66. The minimum Gasteiger partial charge on any atom is -0.497 e. The Balaban J connectivity index is 2.10. The molecule has 94 valence electrons. The molecule has 0 radical (unpaired) electrons. The highest BCUT2D eigenvalue weighted by Gasteiger charge is 2.02. The Morgan fingerprint density at radius 1 is 1.28 bits per heavy atom. The molecule has 4 heteroatoms. The van der Waals surface area contributed by atoms with Crippen molar-refractivity contribution in [3.05, 3.63) is 52.3 Å². The fourth-order valence-corrected chi connectivity index (χ4v) is 2.05.